The normalized spacial score (nSPS) is 17.2. The second-order valence-corrected chi connectivity index (χ2v) is 5.80. The van der Waals surface area contributed by atoms with Gasteiger partial charge in [-0.05, 0) is 25.0 Å². The van der Waals surface area contributed by atoms with Crippen LogP contribution in [0.4, 0.5) is 10.1 Å². The summed E-state index contributed by atoms with van der Waals surface area (Å²) in [6.07, 6.45) is 3.78. The average molecular weight is 344 g/mol. The van der Waals surface area contributed by atoms with Crippen LogP contribution >= 0.6 is 0 Å². The average Bonchev–Trinajstić information content (AvgIpc) is 2.62. The van der Waals surface area contributed by atoms with Crippen molar-refractivity contribution < 1.29 is 19.1 Å². The molecule has 1 aliphatic rings. The molecule has 1 fully saturated rings. The Balaban J connectivity index is 1.65. The van der Waals surface area contributed by atoms with Crippen LogP contribution in [-0.4, -0.2) is 46.1 Å². The molecule has 3 rings (SSSR count). The molecule has 1 amide bonds. The smallest absolute Gasteiger partial charge is 0.356 e. The SMILES string of the molecule is O=C(O)c1cnc(C(=O)NC2CCCN(c3ccccc3F)C2)cn1. The molecule has 2 aromatic rings. The number of nitrogens with zero attached hydrogens (tertiary/aromatic N) is 3. The summed E-state index contributed by atoms with van der Waals surface area (Å²) in [4.78, 5) is 32.4. The van der Waals surface area contributed by atoms with Gasteiger partial charge in [-0.25, -0.2) is 19.2 Å². The van der Waals surface area contributed by atoms with Crippen molar-refractivity contribution in [3.8, 4) is 0 Å². The maximum atomic E-state index is 13.9. The molecule has 0 aliphatic carbocycles. The van der Waals surface area contributed by atoms with Gasteiger partial charge in [0.1, 0.15) is 11.5 Å². The molecule has 2 heterocycles. The van der Waals surface area contributed by atoms with Crippen LogP contribution in [0.5, 0.6) is 0 Å². The van der Waals surface area contributed by atoms with E-state index < -0.39 is 11.9 Å². The van der Waals surface area contributed by atoms with Gasteiger partial charge in [-0.1, -0.05) is 12.1 Å². The fourth-order valence-corrected chi connectivity index (χ4v) is 2.84. The minimum atomic E-state index is -1.20. The molecule has 7 nitrogen and oxygen atoms in total. The summed E-state index contributed by atoms with van der Waals surface area (Å²) in [5, 5.41) is 11.6. The lowest BCUT2D eigenvalue weighted by atomic mass is 10.0. The monoisotopic (exact) mass is 344 g/mol. The number of hydrogen-bond acceptors (Lipinski definition) is 5. The summed E-state index contributed by atoms with van der Waals surface area (Å²) in [6, 6.07) is 6.40. The molecule has 1 saturated heterocycles. The van der Waals surface area contributed by atoms with Gasteiger partial charge in [0.05, 0.1) is 18.1 Å². The molecule has 0 spiro atoms. The number of amides is 1. The Bertz CT molecular complexity index is 782. The standard InChI is InChI=1S/C17H17FN4O3/c18-12-5-1-2-6-15(12)22-7-3-4-11(10-22)21-16(23)13-8-20-14(9-19-13)17(24)25/h1-2,5-6,8-9,11H,3-4,7,10H2,(H,21,23)(H,24,25). The molecule has 130 valence electrons. The summed E-state index contributed by atoms with van der Waals surface area (Å²) in [6.45, 7) is 1.22. The molecule has 2 N–H and O–H groups in total. The van der Waals surface area contributed by atoms with Gasteiger partial charge in [-0.2, -0.15) is 0 Å². The molecular weight excluding hydrogens is 327 g/mol. The molecule has 25 heavy (non-hydrogen) atoms. The van der Waals surface area contributed by atoms with Gasteiger partial charge < -0.3 is 15.3 Å². The van der Waals surface area contributed by atoms with E-state index >= 15 is 0 Å². The van der Waals surface area contributed by atoms with E-state index in [0.29, 0.717) is 12.2 Å². The summed E-state index contributed by atoms with van der Waals surface area (Å²) < 4.78 is 13.9. The number of para-hydroxylation sites is 1. The van der Waals surface area contributed by atoms with Gasteiger partial charge >= 0.3 is 5.97 Å². The van der Waals surface area contributed by atoms with Crippen LogP contribution < -0.4 is 10.2 Å². The van der Waals surface area contributed by atoms with E-state index in [1.165, 1.54) is 6.07 Å². The Hall–Kier alpha value is -3.03. The highest BCUT2D eigenvalue weighted by Gasteiger charge is 2.24. The molecular formula is C17H17FN4O3. The minimum absolute atomic E-state index is 0.0491. The van der Waals surface area contributed by atoms with E-state index in [0.717, 1.165) is 31.8 Å². The van der Waals surface area contributed by atoms with Gasteiger partial charge in [-0.3, -0.25) is 4.79 Å². The van der Waals surface area contributed by atoms with E-state index in [2.05, 4.69) is 15.3 Å². The Kier molecular flexibility index (Phi) is 4.87. The fourth-order valence-electron chi connectivity index (χ4n) is 2.84. The van der Waals surface area contributed by atoms with Crippen molar-refractivity contribution >= 4 is 17.6 Å². The van der Waals surface area contributed by atoms with Crippen LogP contribution in [0.2, 0.25) is 0 Å². The Morgan fingerprint density at radius 1 is 1.20 bits per heavy atom. The number of rotatable bonds is 4. The molecule has 0 bridgehead atoms. The first-order valence-electron chi connectivity index (χ1n) is 7.90. The van der Waals surface area contributed by atoms with Crippen molar-refractivity contribution in [1.82, 2.24) is 15.3 Å². The van der Waals surface area contributed by atoms with Crippen molar-refractivity contribution in [1.29, 1.82) is 0 Å². The Morgan fingerprint density at radius 3 is 2.60 bits per heavy atom. The number of carboxylic acid groups (broad SMARTS) is 1. The number of aromatic carboxylic acids is 1. The number of carbonyl (C=O) groups excluding carboxylic acids is 1. The van der Waals surface area contributed by atoms with Crippen LogP contribution in [0.15, 0.2) is 36.7 Å². The third-order valence-electron chi connectivity index (χ3n) is 4.05. The van der Waals surface area contributed by atoms with Crippen LogP contribution in [-0.2, 0) is 0 Å². The summed E-state index contributed by atoms with van der Waals surface area (Å²) in [5.41, 5.74) is 0.347. The molecule has 1 aliphatic heterocycles. The first kappa shape index (κ1) is 16.8. The molecule has 0 radical (unpaired) electrons. The van der Waals surface area contributed by atoms with Crippen LogP contribution in [0.1, 0.15) is 33.8 Å². The second-order valence-electron chi connectivity index (χ2n) is 5.80. The number of aromatic nitrogens is 2. The summed E-state index contributed by atoms with van der Waals surface area (Å²) in [7, 11) is 0. The van der Waals surface area contributed by atoms with Gasteiger partial charge in [-0.15, -0.1) is 0 Å². The molecule has 1 aromatic heterocycles. The number of carboxylic acids is 1. The molecule has 0 saturated carbocycles. The molecule has 1 unspecified atom stereocenters. The van der Waals surface area contributed by atoms with E-state index in [4.69, 9.17) is 5.11 Å². The number of piperidine rings is 1. The predicted octanol–water partition coefficient (Wildman–Crippen LogP) is 1.71. The van der Waals surface area contributed by atoms with Gasteiger partial charge in [0.25, 0.3) is 5.91 Å². The first-order chi connectivity index (χ1) is 12.0. The lowest BCUT2D eigenvalue weighted by molar-refractivity contribution is 0.0688. The molecule has 1 aromatic carbocycles. The third-order valence-corrected chi connectivity index (χ3v) is 4.05. The van der Waals surface area contributed by atoms with Crippen LogP contribution in [0.25, 0.3) is 0 Å². The maximum Gasteiger partial charge on any atom is 0.356 e. The predicted molar refractivity (Wildman–Crippen MR) is 88.1 cm³/mol. The number of anilines is 1. The van der Waals surface area contributed by atoms with Crippen molar-refractivity contribution in [2.24, 2.45) is 0 Å². The minimum Gasteiger partial charge on any atom is -0.476 e. The molecule has 1 atom stereocenters. The van der Waals surface area contributed by atoms with Gasteiger partial charge in [0.15, 0.2) is 5.69 Å². The first-order valence-corrected chi connectivity index (χ1v) is 7.90. The quantitative estimate of drug-likeness (QED) is 0.877. The largest absolute Gasteiger partial charge is 0.476 e. The summed E-state index contributed by atoms with van der Waals surface area (Å²) >= 11 is 0. The maximum absolute atomic E-state index is 13.9. The van der Waals surface area contributed by atoms with Crippen molar-refractivity contribution in [3.63, 3.8) is 0 Å². The van der Waals surface area contributed by atoms with Crippen molar-refractivity contribution in [2.45, 2.75) is 18.9 Å². The zero-order valence-corrected chi connectivity index (χ0v) is 13.4. The number of benzene rings is 1. The number of halogens is 1. The van der Waals surface area contributed by atoms with E-state index in [1.54, 1.807) is 18.2 Å². The van der Waals surface area contributed by atoms with Crippen molar-refractivity contribution in [2.75, 3.05) is 18.0 Å². The van der Waals surface area contributed by atoms with Crippen molar-refractivity contribution in [3.05, 3.63) is 53.9 Å². The zero-order chi connectivity index (χ0) is 17.8. The highest BCUT2D eigenvalue weighted by Crippen LogP contribution is 2.23. The lowest BCUT2D eigenvalue weighted by Crippen LogP contribution is -2.48. The van der Waals surface area contributed by atoms with Gasteiger partial charge in [0.2, 0.25) is 0 Å². The molecule has 8 heteroatoms. The fraction of sp³-hybridized carbons (Fsp3) is 0.294. The second kappa shape index (κ2) is 7.25. The Labute approximate surface area is 143 Å². The topological polar surface area (TPSA) is 95.4 Å². The number of hydrogen-bond donors (Lipinski definition) is 2. The highest BCUT2D eigenvalue weighted by molar-refractivity contribution is 5.93. The Morgan fingerprint density at radius 2 is 1.92 bits per heavy atom. The highest BCUT2D eigenvalue weighted by atomic mass is 19.1. The number of carbonyl (C=O) groups is 2. The van der Waals surface area contributed by atoms with E-state index in [9.17, 15) is 14.0 Å². The zero-order valence-electron chi connectivity index (χ0n) is 13.4. The van der Waals surface area contributed by atoms with Gasteiger partial charge in [0, 0.05) is 19.1 Å². The van der Waals surface area contributed by atoms with Crippen LogP contribution in [0.3, 0.4) is 0 Å². The van der Waals surface area contributed by atoms with E-state index in [-0.39, 0.29) is 23.2 Å². The van der Waals surface area contributed by atoms with E-state index in [1.807, 2.05) is 4.90 Å². The summed E-state index contributed by atoms with van der Waals surface area (Å²) in [5.74, 6) is -1.92. The number of nitrogens with one attached hydrogen (secondary N) is 1. The van der Waals surface area contributed by atoms with Crippen LogP contribution in [0, 0.1) is 5.82 Å². The lowest BCUT2D eigenvalue weighted by Gasteiger charge is -2.34. The third kappa shape index (κ3) is 3.90.